The number of benzene rings is 1. The molecule has 0 aromatic heterocycles. The number of hydrogen-bond acceptors (Lipinski definition) is 5. The van der Waals surface area contributed by atoms with E-state index in [1.165, 1.54) is 12.1 Å². The molecule has 2 atom stereocenters. The Bertz CT molecular complexity index is 468. The first-order chi connectivity index (χ1) is 7.46. The van der Waals surface area contributed by atoms with Gasteiger partial charge in [-0.25, -0.2) is 8.42 Å². The molecule has 1 aromatic rings. The molecule has 0 spiro atoms. The van der Waals surface area contributed by atoms with Gasteiger partial charge in [-0.15, -0.1) is 0 Å². The second kappa shape index (κ2) is 3.95. The SMILES string of the molecule is O=S1(=O)C[C@@H](O)[C@@H](Nc2ccc(O)cc2)C1. The lowest BCUT2D eigenvalue weighted by Crippen LogP contribution is -2.31. The first-order valence-corrected chi connectivity index (χ1v) is 6.72. The van der Waals surface area contributed by atoms with Crippen molar-refractivity contribution in [3.8, 4) is 5.75 Å². The van der Waals surface area contributed by atoms with Gasteiger partial charge in [-0.1, -0.05) is 0 Å². The van der Waals surface area contributed by atoms with Crippen molar-refractivity contribution in [3.63, 3.8) is 0 Å². The minimum absolute atomic E-state index is 0.0605. The number of aliphatic hydroxyl groups is 1. The van der Waals surface area contributed by atoms with Crippen LogP contribution in [-0.4, -0.2) is 42.3 Å². The minimum atomic E-state index is -3.13. The molecular formula is C10H13NO4S. The molecule has 1 fully saturated rings. The lowest BCUT2D eigenvalue weighted by atomic mass is 10.2. The van der Waals surface area contributed by atoms with Crippen molar-refractivity contribution < 1.29 is 18.6 Å². The highest BCUT2D eigenvalue weighted by molar-refractivity contribution is 7.91. The molecule has 1 heterocycles. The van der Waals surface area contributed by atoms with Crippen LogP contribution in [0.3, 0.4) is 0 Å². The van der Waals surface area contributed by atoms with Crippen molar-refractivity contribution in [1.29, 1.82) is 0 Å². The fraction of sp³-hybridized carbons (Fsp3) is 0.400. The molecule has 16 heavy (non-hydrogen) atoms. The molecule has 0 amide bonds. The molecule has 0 bridgehead atoms. The first-order valence-electron chi connectivity index (χ1n) is 4.90. The number of nitrogens with one attached hydrogen (secondary N) is 1. The van der Waals surface area contributed by atoms with Gasteiger partial charge in [0.25, 0.3) is 0 Å². The standard InChI is InChI=1S/C10H13NO4S/c12-8-3-1-7(2-4-8)11-9-5-16(14,15)6-10(9)13/h1-4,9-13H,5-6H2/t9-,10+/m0/s1. The van der Waals surface area contributed by atoms with Crippen LogP contribution in [0, 0.1) is 0 Å². The fourth-order valence-electron chi connectivity index (χ4n) is 1.74. The van der Waals surface area contributed by atoms with Gasteiger partial charge < -0.3 is 15.5 Å². The molecule has 1 saturated heterocycles. The van der Waals surface area contributed by atoms with E-state index in [0.29, 0.717) is 5.69 Å². The van der Waals surface area contributed by atoms with E-state index < -0.39 is 22.0 Å². The molecule has 88 valence electrons. The Morgan fingerprint density at radius 3 is 2.31 bits per heavy atom. The van der Waals surface area contributed by atoms with Crippen molar-refractivity contribution in [2.24, 2.45) is 0 Å². The van der Waals surface area contributed by atoms with Crippen molar-refractivity contribution in [2.75, 3.05) is 16.8 Å². The number of sulfone groups is 1. The summed E-state index contributed by atoms with van der Waals surface area (Å²) < 4.78 is 22.5. The Balaban J connectivity index is 2.08. The van der Waals surface area contributed by atoms with Crippen LogP contribution in [0.25, 0.3) is 0 Å². The zero-order chi connectivity index (χ0) is 11.8. The van der Waals surface area contributed by atoms with Crippen molar-refractivity contribution in [2.45, 2.75) is 12.1 Å². The van der Waals surface area contributed by atoms with E-state index in [4.69, 9.17) is 5.11 Å². The van der Waals surface area contributed by atoms with E-state index >= 15 is 0 Å². The average Bonchev–Trinajstić information content (AvgIpc) is 2.44. The van der Waals surface area contributed by atoms with E-state index in [2.05, 4.69) is 5.32 Å². The summed E-state index contributed by atoms with van der Waals surface area (Å²) in [6.45, 7) is 0. The quantitative estimate of drug-likeness (QED) is 0.635. The van der Waals surface area contributed by atoms with Crippen LogP contribution < -0.4 is 5.32 Å². The smallest absolute Gasteiger partial charge is 0.155 e. The molecule has 3 N–H and O–H groups in total. The van der Waals surface area contributed by atoms with Crippen molar-refractivity contribution in [3.05, 3.63) is 24.3 Å². The number of aliphatic hydroxyl groups excluding tert-OH is 1. The predicted octanol–water partition coefficient (Wildman–Crippen LogP) is -0.0380. The van der Waals surface area contributed by atoms with Gasteiger partial charge in [-0.05, 0) is 24.3 Å². The maximum absolute atomic E-state index is 11.3. The van der Waals surface area contributed by atoms with E-state index in [-0.39, 0.29) is 17.3 Å². The average molecular weight is 243 g/mol. The third-order valence-corrected chi connectivity index (χ3v) is 4.26. The normalized spacial score (nSPS) is 27.8. The summed E-state index contributed by atoms with van der Waals surface area (Å²) in [7, 11) is -3.13. The van der Waals surface area contributed by atoms with Gasteiger partial charge in [0.05, 0.1) is 23.7 Å². The van der Waals surface area contributed by atoms with Gasteiger partial charge in [0.2, 0.25) is 0 Å². The first kappa shape index (κ1) is 11.2. The lowest BCUT2D eigenvalue weighted by molar-refractivity contribution is 0.190. The number of aromatic hydroxyl groups is 1. The highest BCUT2D eigenvalue weighted by Gasteiger charge is 2.36. The number of phenols is 1. The van der Waals surface area contributed by atoms with E-state index in [9.17, 15) is 13.5 Å². The monoisotopic (exact) mass is 243 g/mol. The van der Waals surface area contributed by atoms with Crippen molar-refractivity contribution >= 4 is 15.5 Å². The largest absolute Gasteiger partial charge is 0.508 e. The van der Waals surface area contributed by atoms with Crippen LogP contribution in [0.5, 0.6) is 5.75 Å². The molecule has 1 aliphatic rings. The van der Waals surface area contributed by atoms with E-state index in [0.717, 1.165) is 0 Å². The molecule has 2 rings (SSSR count). The van der Waals surface area contributed by atoms with Gasteiger partial charge in [0.1, 0.15) is 5.75 Å². The van der Waals surface area contributed by atoms with Crippen molar-refractivity contribution in [1.82, 2.24) is 0 Å². The maximum atomic E-state index is 11.3. The van der Waals surface area contributed by atoms with Crippen LogP contribution in [-0.2, 0) is 9.84 Å². The number of phenolic OH excluding ortho intramolecular Hbond substituents is 1. The van der Waals surface area contributed by atoms with Gasteiger partial charge in [-0.3, -0.25) is 0 Å². The van der Waals surface area contributed by atoms with Gasteiger partial charge in [-0.2, -0.15) is 0 Å². The van der Waals surface area contributed by atoms with Gasteiger partial charge in [0, 0.05) is 5.69 Å². The molecular weight excluding hydrogens is 230 g/mol. The minimum Gasteiger partial charge on any atom is -0.508 e. The Hall–Kier alpha value is -1.27. The van der Waals surface area contributed by atoms with Crippen LogP contribution in [0.2, 0.25) is 0 Å². The Morgan fingerprint density at radius 1 is 1.19 bits per heavy atom. The maximum Gasteiger partial charge on any atom is 0.155 e. The predicted molar refractivity (Wildman–Crippen MR) is 60.2 cm³/mol. The summed E-state index contributed by atoms with van der Waals surface area (Å²) in [5.41, 5.74) is 0.680. The molecule has 0 unspecified atom stereocenters. The zero-order valence-electron chi connectivity index (χ0n) is 8.50. The van der Waals surface area contributed by atoms with Crippen LogP contribution in [0.4, 0.5) is 5.69 Å². The molecule has 0 radical (unpaired) electrons. The molecule has 1 aliphatic heterocycles. The zero-order valence-corrected chi connectivity index (χ0v) is 9.31. The summed E-state index contributed by atoms with van der Waals surface area (Å²) in [5.74, 6) is -0.109. The molecule has 0 saturated carbocycles. The van der Waals surface area contributed by atoms with Gasteiger partial charge >= 0.3 is 0 Å². The molecule has 1 aromatic carbocycles. The Morgan fingerprint density at radius 2 is 1.81 bits per heavy atom. The summed E-state index contributed by atoms with van der Waals surface area (Å²) in [4.78, 5) is 0. The Kier molecular flexibility index (Phi) is 2.77. The van der Waals surface area contributed by atoms with Crippen LogP contribution in [0.1, 0.15) is 0 Å². The van der Waals surface area contributed by atoms with E-state index in [1.54, 1.807) is 12.1 Å². The van der Waals surface area contributed by atoms with Crippen LogP contribution in [0.15, 0.2) is 24.3 Å². The second-order valence-corrected chi connectivity index (χ2v) is 6.10. The number of hydrogen-bond donors (Lipinski definition) is 3. The highest BCUT2D eigenvalue weighted by Crippen LogP contribution is 2.19. The summed E-state index contributed by atoms with van der Waals surface area (Å²) in [6.07, 6.45) is -0.876. The molecule has 6 heteroatoms. The third kappa shape index (κ3) is 2.45. The highest BCUT2D eigenvalue weighted by atomic mass is 32.2. The molecule has 5 nitrogen and oxygen atoms in total. The molecule has 0 aliphatic carbocycles. The third-order valence-electron chi connectivity index (χ3n) is 2.54. The lowest BCUT2D eigenvalue weighted by Gasteiger charge is -2.16. The summed E-state index contributed by atoms with van der Waals surface area (Å²) in [6, 6.07) is 5.78. The summed E-state index contributed by atoms with van der Waals surface area (Å²) >= 11 is 0. The van der Waals surface area contributed by atoms with E-state index in [1.807, 2.05) is 0 Å². The van der Waals surface area contributed by atoms with Gasteiger partial charge in [0.15, 0.2) is 9.84 Å². The van der Waals surface area contributed by atoms with Crippen LogP contribution >= 0.6 is 0 Å². The fourth-order valence-corrected chi connectivity index (χ4v) is 3.48. The number of rotatable bonds is 2. The number of anilines is 1. The Labute approximate surface area is 93.6 Å². The topological polar surface area (TPSA) is 86.6 Å². The summed E-state index contributed by atoms with van der Waals surface area (Å²) in [5, 5.41) is 21.6. The second-order valence-electron chi connectivity index (χ2n) is 3.94.